The number of methoxy groups -OCH3 is 4. The average molecular weight is 685 g/mol. The van der Waals surface area contributed by atoms with Gasteiger partial charge in [0.15, 0.2) is 0 Å². The number of benzene rings is 7. The fourth-order valence-electron chi connectivity index (χ4n) is 7.31. The first kappa shape index (κ1) is 34.4. The standard InChI is InChI=1S/C48H44O4/c1-49-39-21-13-33(14-22-39)29-37(30-34-15-23-40(50-2)24-16-34)47-45-11-7-5-9-43(45)44-10-6-8-12-46(44)48(47)38(31-35-17-25-41(51-3)26-18-35)32-36-19-27-42(52-4)28-20-36/h5-28H,29-32H2,1-4H3. The summed E-state index contributed by atoms with van der Waals surface area (Å²) < 4.78 is 22.1. The maximum absolute atomic E-state index is 5.54. The highest BCUT2D eigenvalue weighted by Gasteiger charge is 2.16. The molecule has 0 fully saturated rings. The second-order valence-electron chi connectivity index (χ2n) is 13.1. The summed E-state index contributed by atoms with van der Waals surface area (Å²) >= 11 is 0. The first-order valence-electron chi connectivity index (χ1n) is 17.7. The van der Waals surface area contributed by atoms with Crippen molar-refractivity contribution in [2.75, 3.05) is 28.4 Å². The molecule has 0 aliphatic rings. The molecule has 52 heavy (non-hydrogen) atoms. The average Bonchev–Trinajstić information content (AvgIpc) is 3.21. The van der Waals surface area contributed by atoms with Crippen LogP contribution < -0.4 is 29.4 Å². The zero-order valence-electron chi connectivity index (χ0n) is 30.3. The van der Waals surface area contributed by atoms with E-state index in [1.807, 2.05) is 0 Å². The first-order chi connectivity index (χ1) is 25.6. The lowest BCUT2D eigenvalue weighted by atomic mass is 9.86. The van der Waals surface area contributed by atoms with Crippen LogP contribution in [0.15, 0.2) is 146 Å². The number of fused-ring (bicyclic) bond motifs is 3. The van der Waals surface area contributed by atoms with Gasteiger partial charge in [-0.2, -0.15) is 0 Å². The van der Waals surface area contributed by atoms with Crippen LogP contribution >= 0.6 is 0 Å². The van der Waals surface area contributed by atoms with E-state index in [0.29, 0.717) is 0 Å². The van der Waals surface area contributed by atoms with Crippen LogP contribution in [-0.4, -0.2) is 28.4 Å². The van der Waals surface area contributed by atoms with Crippen LogP contribution in [0.1, 0.15) is 22.3 Å². The third-order valence-corrected chi connectivity index (χ3v) is 9.95. The van der Waals surface area contributed by atoms with Gasteiger partial charge in [0.25, 0.3) is 0 Å². The second-order valence-corrected chi connectivity index (χ2v) is 13.1. The van der Waals surface area contributed by atoms with Gasteiger partial charge in [-0.25, -0.2) is 0 Å². The molecule has 0 aliphatic heterocycles. The smallest absolute Gasteiger partial charge is 0.118 e. The first-order valence-corrected chi connectivity index (χ1v) is 17.7. The molecule has 0 spiro atoms. The van der Waals surface area contributed by atoms with Gasteiger partial charge in [-0.05, 0) is 128 Å². The molecule has 0 saturated heterocycles. The Morgan fingerprint density at radius 2 is 0.538 bits per heavy atom. The molecular formula is C48H44O4. The number of rotatable bonds is 12. The van der Waals surface area contributed by atoms with Crippen molar-refractivity contribution in [3.05, 3.63) is 178 Å². The Hall–Kier alpha value is -6.00. The molecular weight excluding hydrogens is 641 g/mol. The van der Waals surface area contributed by atoms with E-state index in [0.717, 1.165) is 48.7 Å². The molecule has 7 rings (SSSR count). The molecule has 0 saturated carbocycles. The predicted octanol–water partition coefficient (Wildman–Crippen LogP) is 9.30. The van der Waals surface area contributed by atoms with Gasteiger partial charge >= 0.3 is 0 Å². The van der Waals surface area contributed by atoms with Crippen molar-refractivity contribution in [1.29, 1.82) is 0 Å². The summed E-state index contributed by atoms with van der Waals surface area (Å²) in [5.41, 5.74) is 7.65. The van der Waals surface area contributed by atoms with Crippen LogP contribution in [0.3, 0.4) is 0 Å². The predicted molar refractivity (Wildman–Crippen MR) is 214 cm³/mol. The van der Waals surface area contributed by atoms with Crippen LogP contribution in [0.2, 0.25) is 0 Å². The van der Waals surface area contributed by atoms with Crippen LogP contribution in [0.4, 0.5) is 0 Å². The number of ether oxygens (including phenoxy) is 4. The van der Waals surface area contributed by atoms with E-state index < -0.39 is 0 Å². The Morgan fingerprint density at radius 1 is 0.308 bits per heavy atom. The Balaban J connectivity index is 1.61. The lowest BCUT2D eigenvalue weighted by molar-refractivity contribution is 0.414. The fourth-order valence-corrected chi connectivity index (χ4v) is 7.31. The van der Waals surface area contributed by atoms with Gasteiger partial charge in [0.1, 0.15) is 23.0 Å². The molecule has 260 valence electrons. The second kappa shape index (κ2) is 15.9. The van der Waals surface area contributed by atoms with Gasteiger partial charge in [0.2, 0.25) is 0 Å². The highest BCUT2D eigenvalue weighted by molar-refractivity contribution is 6.09. The van der Waals surface area contributed by atoms with Crippen LogP contribution in [0, 0.1) is 0 Å². The summed E-state index contributed by atoms with van der Waals surface area (Å²) in [5.74, 6) is 3.41. The lowest BCUT2D eigenvalue weighted by Gasteiger charge is -2.18. The maximum atomic E-state index is 5.54. The van der Waals surface area contributed by atoms with Crippen molar-refractivity contribution in [3.63, 3.8) is 0 Å². The van der Waals surface area contributed by atoms with Crippen molar-refractivity contribution < 1.29 is 18.9 Å². The number of hydrogen-bond donors (Lipinski definition) is 0. The molecule has 0 radical (unpaired) electrons. The van der Waals surface area contributed by atoms with Gasteiger partial charge in [-0.1, -0.05) is 108 Å². The fraction of sp³-hybridized carbons (Fsp3) is 0.167. The summed E-state index contributed by atoms with van der Waals surface area (Å²) in [7, 11) is 6.86. The molecule has 7 aromatic carbocycles. The third-order valence-electron chi connectivity index (χ3n) is 9.95. The quantitative estimate of drug-likeness (QED) is 0.120. The molecule has 0 aliphatic carbocycles. The molecule has 0 unspecified atom stereocenters. The van der Waals surface area contributed by atoms with Gasteiger partial charge < -0.3 is 18.9 Å². The van der Waals surface area contributed by atoms with E-state index >= 15 is 0 Å². The Kier molecular flexibility index (Phi) is 10.5. The topological polar surface area (TPSA) is 36.9 Å². The molecule has 0 N–H and O–H groups in total. The molecule has 0 aromatic heterocycles. The van der Waals surface area contributed by atoms with Crippen molar-refractivity contribution in [3.8, 4) is 23.0 Å². The molecule has 0 atom stereocenters. The van der Waals surface area contributed by atoms with E-state index in [-0.39, 0.29) is 0 Å². The minimum absolute atomic E-state index is 0.781. The van der Waals surface area contributed by atoms with E-state index in [2.05, 4.69) is 146 Å². The molecule has 7 aromatic rings. The van der Waals surface area contributed by atoms with Crippen LogP contribution in [0.5, 0.6) is 23.0 Å². The van der Waals surface area contributed by atoms with Gasteiger partial charge in [-0.3, -0.25) is 0 Å². The Labute approximate surface area is 306 Å². The van der Waals surface area contributed by atoms with E-state index in [1.165, 1.54) is 65.4 Å². The van der Waals surface area contributed by atoms with Gasteiger partial charge in [-0.15, -0.1) is 0 Å². The molecule has 0 bridgehead atoms. The zero-order valence-corrected chi connectivity index (χ0v) is 30.3. The normalized spacial score (nSPS) is 11.0. The maximum Gasteiger partial charge on any atom is 0.118 e. The van der Waals surface area contributed by atoms with Gasteiger partial charge in [0.05, 0.1) is 28.4 Å². The van der Waals surface area contributed by atoms with Crippen LogP contribution in [0.25, 0.3) is 32.7 Å². The summed E-state index contributed by atoms with van der Waals surface area (Å²) in [6, 6.07) is 51.8. The summed E-state index contributed by atoms with van der Waals surface area (Å²) in [6.45, 7) is 0. The third kappa shape index (κ3) is 7.52. The van der Waals surface area contributed by atoms with E-state index in [9.17, 15) is 0 Å². The summed E-state index contributed by atoms with van der Waals surface area (Å²) in [5, 5.41) is 7.64. The Morgan fingerprint density at radius 3 is 0.769 bits per heavy atom. The van der Waals surface area contributed by atoms with E-state index in [1.54, 1.807) is 28.4 Å². The number of hydrogen-bond acceptors (Lipinski definition) is 4. The van der Waals surface area contributed by atoms with Crippen LogP contribution in [-0.2, 0) is 25.7 Å². The monoisotopic (exact) mass is 684 g/mol. The highest BCUT2D eigenvalue weighted by atomic mass is 16.5. The highest BCUT2D eigenvalue weighted by Crippen LogP contribution is 2.26. The van der Waals surface area contributed by atoms with Crippen molar-refractivity contribution in [2.24, 2.45) is 0 Å². The Bertz CT molecular complexity index is 2130. The minimum Gasteiger partial charge on any atom is -0.497 e. The van der Waals surface area contributed by atoms with Crippen molar-refractivity contribution in [2.45, 2.75) is 25.7 Å². The molecule has 4 nitrogen and oxygen atoms in total. The molecule has 0 heterocycles. The molecule has 4 heteroatoms. The minimum atomic E-state index is 0.781. The van der Waals surface area contributed by atoms with Crippen molar-refractivity contribution in [1.82, 2.24) is 0 Å². The summed E-state index contributed by atoms with van der Waals surface area (Å²) in [6.07, 6.45) is 3.13. The zero-order chi connectivity index (χ0) is 35.9. The van der Waals surface area contributed by atoms with Crippen molar-refractivity contribution >= 4 is 32.7 Å². The summed E-state index contributed by atoms with van der Waals surface area (Å²) in [4.78, 5) is 0. The largest absolute Gasteiger partial charge is 0.497 e. The SMILES string of the molecule is COc1ccc(CC(Cc2ccc(OC)cc2)=c2c(=C(Cc3ccc(OC)cc3)Cc3ccc(OC)cc3)c3ccccc3c3ccccc23)cc1. The lowest BCUT2D eigenvalue weighted by Crippen LogP contribution is -2.33. The van der Waals surface area contributed by atoms with E-state index in [4.69, 9.17) is 18.9 Å². The molecule has 0 amide bonds. The van der Waals surface area contributed by atoms with Gasteiger partial charge in [0, 0.05) is 0 Å².